The third-order valence-corrected chi connectivity index (χ3v) is 3.27. The second kappa shape index (κ2) is 4.53. The Morgan fingerprint density at radius 3 is 3.00 bits per heavy atom. The molecule has 3 nitrogen and oxygen atoms in total. The SMILES string of the molecule is Cc1ccc2nccc(SCC(=O)O)c2c1. The van der Waals surface area contributed by atoms with E-state index in [-0.39, 0.29) is 5.75 Å². The third-order valence-electron chi connectivity index (χ3n) is 2.21. The van der Waals surface area contributed by atoms with Crippen molar-refractivity contribution in [1.82, 2.24) is 4.98 Å². The lowest BCUT2D eigenvalue weighted by Gasteiger charge is -2.04. The van der Waals surface area contributed by atoms with Crippen molar-refractivity contribution in [2.75, 3.05) is 5.75 Å². The summed E-state index contributed by atoms with van der Waals surface area (Å²) in [7, 11) is 0. The number of pyridine rings is 1. The van der Waals surface area contributed by atoms with Crippen molar-refractivity contribution in [2.24, 2.45) is 0 Å². The van der Waals surface area contributed by atoms with Crippen LogP contribution in [0.15, 0.2) is 35.4 Å². The summed E-state index contributed by atoms with van der Waals surface area (Å²) in [5, 5.41) is 9.69. The Morgan fingerprint density at radius 1 is 1.44 bits per heavy atom. The van der Waals surface area contributed by atoms with E-state index in [2.05, 4.69) is 4.98 Å². The first-order chi connectivity index (χ1) is 7.66. The molecule has 0 atom stereocenters. The van der Waals surface area contributed by atoms with Gasteiger partial charge >= 0.3 is 5.97 Å². The van der Waals surface area contributed by atoms with E-state index in [0.29, 0.717) is 0 Å². The van der Waals surface area contributed by atoms with Crippen molar-refractivity contribution >= 4 is 28.6 Å². The molecule has 0 bridgehead atoms. The van der Waals surface area contributed by atoms with Crippen molar-refractivity contribution < 1.29 is 9.90 Å². The number of hydrogen-bond donors (Lipinski definition) is 1. The molecule has 1 N–H and O–H groups in total. The average Bonchev–Trinajstić information content (AvgIpc) is 2.26. The maximum atomic E-state index is 10.5. The number of nitrogens with zero attached hydrogens (tertiary/aromatic N) is 1. The summed E-state index contributed by atoms with van der Waals surface area (Å²) >= 11 is 1.33. The Hall–Kier alpha value is -1.55. The van der Waals surface area contributed by atoms with Gasteiger partial charge in [0.05, 0.1) is 11.3 Å². The minimum Gasteiger partial charge on any atom is -0.481 e. The van der Waals surface area contributed by atoms with Gasteiger partial charge in [-0.25, -0.2) is 0 Å². The number of rotatable bonds is 3. The molecule has 2 rings (SSSR count). The molecule has 4 heteroatoms. The monoisotopic (exact) mass is 233 g/mol. The number of thioether (sulfide) groups is 1. The molecule has 1 heterocycles. The largest absolute Gasteiger partial charge is 0.481 e. The Morgan fingerprint density at radius 2 is 2.25 bits per heavy atom. The van der Waals surface area contributed by atoms with Crippen LogP contribution >= 0.6 is 11.8 Å². The smallest absolute Gasteiger partial charge is 0.313 e. The maximum Gasteiger partial charge on any atom is 0.313 e. The lowest BCUT2D eigenvalue weighted by Crippen LogP contribution is -1.97. The predicted molar refractivity (Wildman–Crippen MR) is 64.8 cm³/mol. The Bertz CT molecular complexity index is 540. The highest BCUT2D eigenvalue weighted by atomic mass is 32.2. The van der Waals surface area contributed by atoms with Crippen LogP contribution in [0.25, 0.3) is 10.9 Å². The molecular formula is C12H11NO2S. The first-order valence-electron chi connectivity index (χ1n) is 4.87. The zero-order valence-electron chi connectivity index (χ0n) is 8.80. The van der Waals surface area contributed by atoms with Crippen LogP contribution in [0.2, 0.25) is 0 Å². The molecule has 0 aliphatic carbocycles. The molecule has 0 spiro atoms. The topological polar surface area (TPSA) is 50.2 Å². The molecule has 2 aromatic rings. The van der Waals surface area contributed by atoms with Gasteiger partial charge in [-0.1, -0.05) is 11.6 Å². The van der Waals surface area contributed by atoms with E-state index in [1.807, 2.05) is 31.2 Å². The fourth-order valence-corrected chi connectivity index (χ4v) is 2.26. The van der Waals surface area contributed by atoms with Crippen LogP contribution in [0.1, 0.15) is 5.56 Å². The van der Waals surface area contributed by atoms with Crippen LogP contribution in [0.3, 0.4) is 0 Å². The van der Waals surface area contributed by atoms with Crippen LogP contribution in [-0.4, -0.2) is 21.8 Å². The van der Waals surface area contributed by atoms with Crippen LogP contribution < -0.4 is 0 Å². The van der Waals surface area contributed by atoms with Gasteiger partial charge in [-0.15, -0.1) is 11.8 Å². The van der Waals surface area contributed by atoms with Gasteiger partial charge in [0.2, 0.25) is 0 Å². The maximum absolute atomic E-state index is 10.5. The summed E-state index contributed by atoms with van der Waals surface area (Å²) in [6, 6.07) is 7.85. The average molecular weight is 233 g/mol. The molecule has 0 amide bonds. The van der Waals surface area contributed by atoms with Crippen LogP contribution in [0, 0.1) is 6.92 Å². The molecule has 82 valence electrons. The van der Waals surface area contributed by atoms with Crippen LogP contribution in [0.5, 0.6) is 0 Å². The molecule has 1 aromatic carbocycles. The van der Waals surface area contributed by atoms with Crippen molar-refractivity contribution in [1.29, 1.82) is 0 Å². The van der Waals surface area contributed by atoms with Gasteiger partial charge in [-0.3, -0.25) is 9.78 Å². The van der Waals surface area contributed by atoms with Gasteiger partial charge in [0, 0.05) is 16.5 Å². The number of carbonyl (C=O) groups is 1. The molecule has 0 unspecified atom stereocenters. The minimum absolute atomic E-state index is 0.0764. The van der Waals surface area contributed by atoms with Gasteiger partial charge in [-0.2, -0.15) is 0 Å². The van der Waals surface area contributed by atoms with Gasteiger partial charge in [-0.05, 0) is 25.1 Å². The highest BCUT2D eigenvalue weighted by Gasteiger charge is 2.05. The summed E-state index contributed by atoms with van der Waals surface area (Å²) in [6.45, 7) is 2.01. The fraction of sp³-hybridized carbons (Fsp3) is 0.167. The fourth-order valence-electron chi connectivity index (χ4n) is 1.50. The number of aliphatic carboxylic acids is 1. The lowest BCUT2D eigenvalue weighted by molar-refractivity contribution is -0.133. The second-order valence-corrected chi connectivity index (χ2v) is 4.53. The first kappa shape index (κ1) is 11.0. The van der Waals surface area contributed by atoms with Crippen LogP contribution in [0.4, 0.5) is 0 Å². The third kappa shape index (κ3) is 2.33. The molecule has 0 aliphatic heterocycles. The summed E-state index contributed by atoms with van der Waals surface area (Å²) in [4.78, 5) is 15.8. The van der Waals surface area contributed by atoms with E-state index in [9.17, 15) is 4.79 Å². The highest BCUT2D eigenvalue weighted by molar-refractivity contribution is 8.00. The standard InChI is InChI=1S/C12H11NO2S/c1-8-2-3-10-9(6-8)11(4-5-13-10)16-7-12(14)15/h2-6H,7H2,1H3,(H,14,15). The number of hydrogen-bond acceptors (Lipinski definition) is 3. The normalized spacial score (nSPS) is 10.6. The van der Waals surface area contributed by atoms with Crippen molar-refractivity contribution in [3.05, 3.63) is 36.0 Å². The highest BCUT2D eigenvalue weighted by Crippen LogP contribution is 2.27. The van der Waals surface area contributed by atoms with E-state index in [1.165, 1.54) is 11.8 Å². The van der Waals surface area contributed by atoms with E-state index in [0.717, 1.165) is 21.4 Å². The zero-order valence-corrected chi connectivity index (χ0v) is 9.62. The quantitative estimate of drug-likeness (QED) is 0.828. The van der Waals surface area contributed by atoms with Crippen molar-refractivity contribution in [2.45, 2.75) is 11.8 Å². The molecule has 0 saturated carbocycles. The van der Waals surface area contributed by atoms with Crippen molar-refractivity contribution in [3.63, 3.8) is 0 Å². The number of carboxylic acids is 1. The minimum atomic E-state index is -0.803. The summed E-state index contributed by atoms with van der Waals surface area (Å²) < 4.78 is 0. The Kier molecular flexibility index (Phi) is 3.10. The lowest BCUT2D eigenvalue weighted by atomic mass is 10.1. The Labute approximate surface area is 97.5 Å². The predicted octanol–water partition coefficient (Wildman–Crippen LogP) is 2.72. The van der Waals surface area contributed by atoms with Gasteiger partial charge in [0.15, 0.2) is 0 Å². The van der Waals surface area contributed by atoms with Gasteiger partial charge < -0.3 is 5.11 Å². The van der Waals surface area contributed by atoms with Gasteiger partial charge in [0.1, 0.15) is 0 Å². The van der Waals surface area contributed by atoms with E-state index in [1.54, 1.807) is 6.20 Å². The molecule has 0 saturated heterocycles. The number of carboxylic acid groups (broad SMARTS) is 1. The number of aromatic nitrogens is 1. The second-order valence-electron chi connectivity index (χ2n) is 3.51. The summed E-state index contributed by atoms with van der Waals surface area (Å²) in [5.74, 6) is -0.727. The molecule has 0 aliphatic rings. The van der Waals surface area contributed by atoms with E-state index >= 15 is 0 Å². The number of aryl methyl sites for hydroxylation is 1. The molecule has 0 radical (unpaired) electrons. The summed E-state index contributed by atoms with van der Waals surface area (Å²) in [6.07, 6.45) is 1.71. The molecule has 0 fully saturated rings. The van der Waals surface area contributed by atoms with E-state index in [4.69, 9.17) is 5.11 Å². The first-order valence-corrected chi connectivity index (χ1v) is 5.85. The Balaban J connectivity index is 2.43. The van der Waals surface area contributed by atoms with E-state index < -0.39 is 5.97 Å². The summed E-state index contributed by atoms with van der Waals surface area (Å²) in [5.41, 5.74) is 2.05. The van der Waals surface area contributed by atoms with Crippen LogP contribution in [-0.2, 0) is 4.79 Å². The van der Waals surface area contributed by atoms with Crippen molar-refractivity contribution in [3.8, 4) is 0 Å². The zero-order chi connectivity index (χ0) is 11.5. The number of fused-ring (bicyclic) bond motifs is 1. The van der Waals surface area contributed by atoms with Gasteiger partial charge in [0.25, 0.3) is 0 Å². The molecule has 16 heavy (non-hydrogen) atoms. The number of benzene rings is 1. The molecule has 1 aromatic heterocycles. The molecular weight excluding hydrogens is 222 g/mol.